The van der Waals surface area contributed by atoms with Gasteiger partial charge in [-0.15, -0.1) is 0 Å². The van der Waals surface area contributed by atoms with E-state index in [1.165, 1.54) is 0 Å². The lowest BCUT2D eigenvalue weighted by Crippen LogP contribution is -2.11. The second kappa shape index (κ2) is 7.42. The van der Waals surface area contributed by atoms with Crippen molar-refractivity contribution in [3.8, 4) is 5.88 Å². The summed E-state index contributed by atoms with van der Waals surface area (Å²) in [6, 6.07) is 5.77. The molecule has 0 spiro atoms. The summed E-state index contributed by atoms with van der Waals surface area (Å²) in [4.78, 5) is 13.0. The van der Waals surface area contributed by atoms with Gasteiger partial charge in [-0.1, -0.05) is 19.9 Å². The Bertz CT molecular complexity index is 574. The molecule has 3 N–H and O–H groups in total. The van der Waals surface area contributed by atoms with Crippen molar-refractivity contribution in [2.24, 2.45) is 0 Å². The Morgan fingerprint density at radius 2 is 2.10 bits per heavy atom. The van der Waals surface area contributed by atoms with Crippen molar-refractivity contribution < 1.29 is 4.74 Å². The Hall–Kier alpha value is -2.37. The lowest BCUT2D eigenvalue weighted by molar-refractivity contribution is 0.305. The first-order valence-electron chi connectivity index (χ1n) is 7.17. The molecule has 0 radical (unpaired) electrons. The van der Waals surface area contributed by atoms with E-state index in [-0.39, 0.29) is 0 Å². The first-order valence-corrected chi connectivity index (χ1v) is 7.17. The molecule has 0 unspecified atom stereocenters. The molecule has 6 nitrogen and oxygen atoms in total. The van der Waals surface area contributed by atoms with Crippen LogP contribution in [0.4, 0.5) is 11.5 Å². The van der Waals surface area contributed by atoms with Gasteiger partial charge in [-0.3, -0.25) is 4.98 Å². The van der Waals surface area contributed by atoms with Gasteiger partial charge >= 0.3 is 0 Å². The van der Waals surface area contributed by atoms with Crippen LogP contribution in [0, 0.1) is 0 Å². The minimum Gasteiger partial charge on any atom is -0.476 e. The Morgan fingerprint density at radius 1 is 1.24 bits per heavy atom. The standard InChI is InChI=1S/C15H21N5O/c1-3-9-21-15-13(16)14(19-12(4-2)20-15)18-10-11-7-5-6-8-17-11/h5-8H,3-4,9-10,16H2,1-2H3,(H,18,19,20). The van der Waals surface area contributed by atoms with Gasteiger partial charge in [0.05, 0.1) is 18.8 Å². The van der Waals surface area contributed by atoms with Crippen LogP contribution >= 0.6 is 0 Å². The predicted molar refractivity (Wildman–Crippen MR) is 83.2 cm³/mol. The molecular formula is C15H21N5O. The summed E-state index contributed by atoms with van der Waals surface area (Å²) in [5, 5.41) is 3.20. The predicted octanol–water partition coefficient (Wildman–Crippen LogP) is 2.42. The van der Waals surface area contributed by atoms with Crippen molar-refractivity contribution >= 4 is 11.5 Å². The van der Waals surface area contributed by atoms with Crippen molar-refractivity contribution in [2.75, 3.05) is 17.7 Å². The van der Waals surface area contributed by atoms with Gasteiger partial charge in [0.25, 0.3) is 0 Å². The highest BCUT2D eigenvalue weighted by atomic mass is 16.5. The molecule has 0 saturated carbocycles. The Morgan fingerprint density at radius 3 is 2.76 bits per heavy atom. The van der Waals surface area contributed by atoms with Crippen molar-refractivity contribution in [3.05, 3.63) is 35.9 Å². The fourth-order valence-electron chi connectivity index (χ4n) is 1.77. The number of pyridine rings is 1. The van der Waals surface area contributed by atoms with Gasteiger partial charge < -0.3 is 15.8 Å². The molecule has 0 aliphatic heterocycles. The van der Waals surface area contributed by atoms with Crippen LogP contribution < -0.4 is 15.8 Å². The zero-order valence-electron chi connectivity index (χ0n) is 12.5. The minimum absolute atomic E-state index is 0.441. The molecule has 0 fully saturated rings. The summed E-state index contributed by atoms with van der Waals surface area (Å²) in [6.45, 7) is 5.18. The molecule has 112 valence electrons. The average Bonchev–Trinajstić information content (AvgIpc) is 2.53. The third kappa shape index (κ3) is 4.05. The van der Waals surface area contributed by atoms with E-state index in [0.717, 1.165) is 18.5 Å². The van der Waals surface area contributed by atoms with Crippen LogP contribution in [-0.4, -0.2) is 21.6 Å². The van der Waals surface area contributed by atoms with Gasteiger partial charge in [0, 0.05) is 12.6 Å². The monoisotopic (exact) mass is 287 g/mol. The first kappa shape index (κ1) is 15.0. The van der Waals surface area contributed by atoms with Crippen LogP contribution in [0.2, 0.25) is 0 Å². The van der Waals surface area contributed by atoms with Crippen molar-refractivity contribution in [2.45, 2.75) is 33.2 Å². The molecule has 0 aliphatic rings. The second-order valence-corrected chi connectivity index (χ2v) is 4.58. The minimum atomic E-state index is 0.441. The largest absolute Gasteiger partial charge is 0.476 e. The van der Waals surface area contributed by atoms with Crippen LogP contribution in [0.25, 0.3) is 0 Å². The summed E-state index contributed by atoms with van der Waals surface area (Å²) in [5.74, 6) is 1.75. The number of ether oxygens (including phenoxy) is 1. The number of hydrogen-bond acceptors (Lipinski definition) is 6. The van der Waals surface area contributed by atoms with E-state index in [9.17, 15) is 0 Å². The summed E-state index contributed by atoms with van der Waals surface area (Å²) in [6.07, 6.45) is 3.39. The molecule has 0 amide bonds. The fraction of sp³-hybridized carbons (Fsp3) is 0.400. The number of rotatable bonds is 7. The SMILES string of the molecule is CCCOc1nc(CC)nc(NCc2ccccn2)c1N. The Balaban J connectivity index is 2.17. The van der Waals surface area contributed by atoms with E-state index in [1.54, 1.807) is 6.20 Å². The van der Waals surface area contributed by atoms with Gasteiger partial charge in [-0.2, -0.15) is 4.98 Å². The zero-order chi connectivity index (χ0) is 15.1. The third-order valence-corrected chi connectivity index (χ3v) is 2.88. The van der Waals surface area contributed by atoms with Crippen molar-refractivity contribution in [1.29, 1.82) is 0 Å². The number of aryl methyl sites for hydroxylation is 1. The number of nitrogen functional groups attached to an aromatic ring is 1. The van der Waals surface area contributed by atoms with Gasteiger partial charge in [-0.05, 0) is 18.6 Å². The lowest BCUT2D eigenvalue weighted by Gasteiger charge is -2.13. The summed E-state index contributed by atoms with van der Waals surface area (Å²) in [7, 11) is 0. The maximum Gasteiger partial charge on any atom is 0.242 e. The molecule has 0 saturated heterocycles. The molecule has 2 heterocycles. The number of aromatic nitrogens is 3. The normalized spacial score (nSPS) is 10.4. The van der Waals surface area contributed by atoms with Crippen molar-refractivity contribution in [3.63, 3.8) is 0 Å². The summed E-state index contributed by atoms with van der Waals surface area (Å²) >= 11 is 0. The summed E-state index contributed by atoms with van der Waals surface area (Å²) in [5.41, 5.74) is 7.44. The van der Waals surface area contributed by atoms with Crippen LogP contribution in [-0.2, 0) is 13.0 Å². The highest BCUT2D eigenvalue weighted by Gasteiger charge is 2.12. The van der Waals surface area contributed by atoms with Crippen LogP contribution in [0.5, 0.6) is 5.88 Å². The van der Waals surface area contributed by atoms with Crippen LogP contribution in [0.1, 0.15) is 31.8 Å². The smallest absolute Gasteiger partial charge is 0.242 e. The van der Waals surface area contributed by atoms with Crippen LogP contribution in [0.3, 0.4) is 0 Å². The number of anilines is 2. The molecule has 2 aromatic heterocycles. The number of nitrogens with zero attached hydrogens (tertiary/aromatic N) is 3. The molecule has 2 rings (SSSR count). The molecule has 0 aromatic carbocycles. The molecule has 0 bridgehead atoms. The molecular weight excluding hydrogens is 266 g/mol. The highest BCUT2D eigenvalue weighted by Crippen LogP contribution is 2.26. The maximum atomic E-state index is 6.08. The second-order valence-electron chi connectivity index (χ2n) is 4.58. The molecule has 0 aliphatic carbocycles. The molecule has 21 heavy (non-hydrogen) atoms. The average molecular weight is 287 g/mol. The van der Waals surface area contributed by atoms with E-state index in [2.05, 4.69) is 20.3 Å². The number of nitrogens with two attached hydrogens (primary N) is 1. The molecule has 0 atom stereocenters. The quantitative estimate of drug-likeness (QED) is 0.813. The van der Waals surface area contributed by atoms with E-state index < -0.39 is 0 Å². The first-order chi connectivity index (χ1) is 10.2. The third-order valence-electron chi connectivity index (χ3n) is 2.88. The zero-order valence-corrected chi connectivity index (χ0v) is 12.5. The number of nitrogens with one attached hydrogen (secondary N) is 1. The van der Waals surface area contributed by atoms with E-state index in [0.29, 0.717) is 36.4 Å². The van der Waals surface area contributed by atoms with Gasteiger partial charge in [0.1, 0.15) is 11.5 Å². The van der Waals surface area contributed by atoms with Gasteiger partial charge in [-0.25, -0.2) is 4.98 Å². The van der Waals surface area contributed by atoms with E-state index >= 15 is 0 Å². The van der Waals surface area contributed by atoms with E-state index in [1.807, 2.05) is 32.0 Å². The Kier molecular flexibility index (Phi) is 5.31. The summed E-state index contributed by atoms with van der Waals surface area (Å²) < 4.78 is 5.59. The topological polar surface area (TPSA) is 86.0 Å². The molecule has 6 heteroatoms. The van der Waals surface area contributed by atoms with Gasteiger partial charge in [0.15, 0.2) is 5.82 Å². The van der Waals surface area contributed by atoms with Crippen molar-refractivity contribution in [1.82, 2.24) is 15.0 Å². The number of hydrogen-bond donors (Lipinski definition) is 2. The maximum absolute atomic E-state index is 6.08. The fourth-order valence-corrected chi connectivity index (χ4v) is 1.77. The lowest BCUT2D eigenvalue weighted by atomic mass is 10.3. The molecule has 2 aromatic rings. The highest BCUT2D eigenvalue weighted by molar-refractivity contribution is 5.66. The van der Waals surface area contributed by atoms with Gasteiger partial charge in [0.2, 0.25) is 5.88 Å². The Labute approximate surface area is 124 Å². The van der Waals surface area contributed by atoms with Crippen LogP contribution in [0.15, 0.2) is 24.4 Å². The van der Waals surface area contributed by atoms with E-state index in [4.69, 9.17) is 10.5 Å².